The largest absolute Gasteiger partial charge is 0.286 e. The van der Waals surface area contributed by atoms with Crippen LogP contribution < -0.4 is 0 Å². The van der Waals surface area contributed by atoms with E-state index in [0.29, 0.717) is 12.3 Å². The minimum atomic E-state index is -3.77. The monoisotopic (exact) mass is 254 g/mol. The molecule has 1 aliphatic rings. The van der Waals surface area contributed by atoms with Gasteiger partial charge in [-0.2, -0.15) is 8.42 Å². The normalized spacial score (nSPS) is 16.1. The molecule has 1 N–H and O–H groups in total. The SMILES string of the molecule is O=S(=O)(O)CCCCC1Cc2ccccc2C1. The van der Waals surface area contributed by atoms with Gasteiger partial charge in [-0.25, -0.2) is 0 Å². The number of benzene rings is 1. The lowest BCUT2D eigenvalue weighted by molar-refractivity contribution is 0.466. The van der Waals surface area contributed by atoms with Gasteiger partial charge in [-0.1, -0.05) is 30.7 Å². The maximum Gasteiger partial charge on any atom is 0.264 e. The van der Waals surface area contributed by atoms with E-state index in [-0.39, 0.29) is 5.75 Å². The first kappa shape index (κ1) is 12.6. The molecule has 0 aromatic heterocycles. The van der Waals surface area contributed by atoms with Crippen LogP contribution in [0.3, 0.4) is 0 Å². The molecule has 1 aromatic rings. The van der Waals surface area contributed by atoms with Crippen molar-refractivity contribution in [3.05, 3.63) is 35.4 Å². The van der Waals surface area contributed by atoms with Crippen LogP contribution in [0.25, 0.3) is 0 Å². The van der Waals surface area contributed by atoms with Crippen LogP contribution in [0.4, 0.5) is 0 Å². The standard InChI is InChI=1S/C13H18O3S/c14-17(15,16)8-4-3-5-11-9-12-6-1-2-7-13(12)10-11/h1-2,6-7,11H,3-5,8-10H2,(H,14,15,16). The fourth-order valence-corrected chi connectivity index (χ4v) is 3.14. The van der Waals surface area contributed by atoms with Gasteiger partial charge in [0.15, 0.2) is 0 Å². The van der Waals surface area contributed by atoms with Crippen molar-refractivity contribution in [3.8, 4) is 0 Å². The van der Waals surface area contributed by atoms with Gasteiger partial charge >= 0.3 is 0 Å². The van der Waals surface area contributed by atoms with E-state index in [1.54, 1.807) is 0 Å². The first-order valence-corrected chi connectivity index (χ1v) is 7.67. The van der Waals surface area contributed by atoms with Crippen LogP contribution in [0.1, 0.15) is 30.4 Å². The van der Waals surface area contributed by atoms with Crippen molar-refractivity contribution < 1.29 is 13.0 Å². The van der Waals surface area contributed by atoms with Crippen LogP contribution >= 0.6 is 0 Å². The molecule has 0 aliphatic heterocycles. The molecule has 0 fully saturated rings. The van der Waals surface area contributed by atoms with Gasteiger partial charge in [0.2, 0.25) is 0 Å². The Bertz CT molecular complexity index is 454. The molecule has 0 saturated heterocycles. The van der Waals surface area contributed by atoms with Gasteiger partial charge in [0.25, 0.3) is 10.1 Å². The van der Waals surface area contributed by atoms with Gasteiger partial charge in [-0.15, -0.1) is 0 Å². The van der Waals surface area contributed by atoms with Crippen LogP contribution in [0.2, 0.25) is 0 Å². The molecular formula is C13H18O3S. The molecule has 0 bridgehead atoms. The molecule has 3 nitrogen and oxygen atoms in total. The van der Waals surface area contributed by atoms with Gasteiger partial charge in [0, 0.05) is 0 Å². The van der Waals surface area contributed by atoms with Crippen molar-refractivity contribution in [2.75, 3.05) is 5.75 Å². The van der Waals surface area contributed by atoms with Crippen LogP contribution in [-0.4, -0.2) is 18.7 Å². The Labute approximate surface area is 103 Å². The Balaban J connectivity index is 1.74. The third kappa shape index (κ3) is 3.82. The summed E-state index contributed by atoms with van der Waals surface area (Å²) in [4.78, 5) is 0. The molecular weight excluding hydrogens is 236 g/mol. The predicted molar refractivity (Wildman–Crippen MR) is 67.6 cm³/mol. The van der Waals surface area contributed by atoms with Crippen molar-refractivity contribution in [1.82, 2.24) is 0 Å². The van der Waals surface area contributed by atoms with E-state index in [1.165, 1.54) is 11.1 Å². The zero-order chi connectivity index (χ0) is 12.3. The number of unbranched alkanes of at least 4 members (excludes halogenated alkanes) is 1. The van der Waals surface area contributed by atoms with Crippen LogP contribution in [0.5, 0.6) is 0 Å². The highest BCUT2D eigenvalue weighted by Gasteiger charge is 2.20. The Morgan fingerprint density at radius 1 is 1.12 bits per heavy atom. The molecule has 17 heavy (non-hydrogen) atoms. The van der Waals surface area contributed by atoms with Gasteiger partial charge in [0.1, 0.15) is 0 Å². The smallest absolute Gasteiger partial charge is 0.264 e. The van der Waals surface area contributed by atoms with E-state index in [1.807, 2.05) is 0 Å². The van der Waals surface area contributed by atoms with Gasteiger partial charge in [0.05, 0.1) is 5.75 Å². The highest BCUT2D eigenvalue weighted by atomic mass is 32.2. The molecule has 0 saturated carbocycles. The van der Waals surface area contributed by atoms with E-state index in [0.717, 1.165) is 25.7 Å². The van der Waals surface area contributed by atoms with E-state index >= 15 is 0 Å². The zero-order valence-electron chi connectivity index (χ0n) is 9.80. The first-order chi connectivity index (χ1) is 8.04. The summed E-state index contributed by atoms with van der Waals surface area (Å²) in [5, 5.41) is 0. The molecule has 94 valence electrons. The van der Waals surface area contributed by atoms with E-state index in [4.69, 9.17) is 4.55 Å². The minimum absolute atomic E-state index is 0.104. The topological polar surface area (TPSA) is 54.4 Å². The van der Waals surface area contributed by atoms with Gasteiger partial charge < -0.3 is 0 Å². The highest BCUT2D eigenvalue weighted by molar-refractivity contribution is 7.85. The average molecular weight is 254 g/mol. The lowest BCUT2D eigenvalue weighted by Crippen LogP contribution is -2.05. The summed E-state index contributed by atoms with van der Waals surface area (Å²) in [5.41, 5.74) is 2.87. The Hall–Kier alpha value is -0.870. The average Bonchev–Trinajstić information content (AvgIpc) is 2.65. The van der Waals surface area contributed by atoms with Crippen molar-refractivity contribution >= 4 is 10.1 Å². The third-order valence-corrected chi connectivity index (χ3v) is 4.20. The second-order valence-electron chi connectivity index (χ2n) is 4.82. The summed E-state index contributed by atoms with van der Waals surface area (Å²) in [7, 11) is -3.77. The molecule has 0 amide bonds. The Morgan fingerprint density at radius 2 is 1.71 bits per heavy atom. The zero-order valence-corrected chi connectivity index (χ0v) is 10.6. The maximum atomic E-state index is 10.6. The fraction of sp³-hybridized carbons (Fsp3) is 0.538. The highest BCUT2D eigenvalue weighted by Crippen LogP contribution is 2.29. The molecule has 0 heterocycles. The maximum absolute atomic E-state index is 10.6. The number of hydrogen-bond donors (Lipinski definition) is 1. The van der Waals surface area contributed by atoms with E-state index in [9.17, 15) is 8.42 Å². The molecule has 4 heteroatoms. The molecule has 2 rings (SSSR count). The predicted octanol–water partition coefficient (Wildman–Crippen LogP) is 2.46. The molecule has 0 radical (unpaired) electrons. The van der Waals surface area contributed by atoms with Crippen molar-refractivity contribution in [2.45, 2.75) is 32.1 Å². The summed E-state index contributed by atoms with van der Waals surface area (Å²) in [6, 6.07) is 8.49. The van der Waals surface area contributed by atoms with Crippen molar-refractivity contribution in [2.24, 2.45) is 5.92 Å². The van der Waals surface area contributed by atoms with E-state index < -0.39 is 10.1 Å². The summed E-state index contributed by atoms with van der Waals surface area (Å²) in [6.45, 7) is 0. The third-order valence-electron chi connectivity index (χ3n) is 3.40. The van der Waals surface area contributed by atoms with Crippen LogP contribution in [-0.2, 0) is 23.0 Å². The molecule has 1 aliphatic carbocycles. The first-order valence-electron chi connectivity index (χ1n) is 6.06. The summed E-state index contributed by atoms with van der Waals surface area (Å²) in [5.74, 6) is 0.543. The number of hydrogen-bond acceptors (Lipinski definition) is 2. The van der Waals surface area contributed by atoms with Gasteiger partial charge in [-0.3, -0.25) is 4.55 Å². The molecule has 0 spiro atoms. The molecule has 0 unspecified atom stereocenters. The van der Waals surface area contributed by atoms with E-state index in [2.05, 4.69) is 24.3 Å². The summed E-state index contributed by atoms with van der Waals surface area (Å²) in [6.07, 6.45) is 4.71. The minimum Gasteiger partial charge on any atom is -0.286 e. The second kappa shape index (κ2) is 5.19. The lowest BCUT2D eigenvalue weighted by atomic mass is 9.99. The Kier molecular flexibility index (Phi) is 3.84. The lowest BCUT2D eigenvalue weighted by Gasteiger charge is -2.07. The fourth-order valence-electron chi connectivity index (χ4n) is 2.57. The molecule has 1 aromatic carbocycles. The quantitative estimate of drug-likeness (QED) is 0.648. The van der Waals surface area contributed by atoms with Crippen LogP contribution in [0, 0.1) is 5.92 Å². The second-order valence-corrected chi connectivity index (χ2v) is 6.40. The van der Waals surface area contributed by atoms with Gasteiger partial charge in [-0.05, 0) is 42.7 Å². The van der Waals surface area contributed by atoms with Crippen molar-refractivity contribution in [3.63, 3.8) is 0 Å². The number of rotatable bonds is 5. The molecule has 0 atom stereocenters. The summed E-state index contributed by atoms with van der Waals surface area (Å²) >= 11 is 0. The van der Waals surface area contributed by atoms with Crippen LogP contribution in [0.15, 0.2) is 24.3 Å². The number of fused-ring (bicyclic) bond motifs is 1. The van der Waals surface area contributed by atoms with Crippen molar-refractivity contribution in [1.29, 1.82) is 0 Å². The summed E-state index contributed by atoms with van der Waals surface area (Å²) < 4.78 is 29.7. The Morgan fingerprint density at radius 3 is 2.24 bits per heavy atom.